The average molecular weight is 237 g/mol. The lowest BCUT2D eigenvalue weighted by Crippen LogP contribution is -2.16. The average Bonchev–Trinajstić information content (AvgIpc) is 2.38. The molecule has 0 spiro atoms. The Morgan fingerprint density at radius 2 is 1.94 bits per heavy atom. The van der Waals surface area contributed by atoms with Crippen LogP contribution in [0.3, 0.4) is 0 Å². The molecule has 0 bridgehead atoms. The Labute approximate surface area is 100.0 Å². The Morgan fingerprint density at radius 1 is 1.24 bits per heavy atom. The van der Waals surface area contributed by atoms with E-state index in [0.29, 0.717) is 11.5 Å². The summed E-state index contributed by atoms with van der Waals surface area (Å²) in [4.78, 5) is 10.8. The van der Waals surface area contributed by atoms with Gasteiger partial charge in [-0.2, -0.15) is 0 Å². The summed E-state index contributed by atoms with van der Waals surface area (Å²) in [7, 11) is 4.63. The Balaban J connectivity index is 2.75. The van der Waals surface area contributed by atoms with Crippen LogP contribution in [0.25, 0.3) is 6.08 Å². The van der Waals surface area contributed by atoms with Gasteiger partial charge in [-0.1, -0.05) is 6.07 Å². The molecule has 1 N–H and O–H groups in total. The monoisotopic (exact) mass is 237 g/mol. The molecule has 5 heteroatoms. The first-order valence-corrected chi connectivity index (χ1v) is 4.98. The van der Waals surface area contributed by atoms with Crippen molar-refractivity contribution in [3.05, 3.63) is 30.0 Å². The number of benzene rings is 1. The summed E-state index contributed by atoms with van der Waals surface area (Å²) in [5, 5.41) is 2.33. The van der Waals surface area contributed by atoms with Gasteiger partial charge in [0.05, 0.1) is 20.5 Å². The van der Waals surface area contributed by atoms with E-state index >= 15 is 0 Å². The summed E-state index contributed by atoms with van der Waals surface area (Å²) in [6.07, 6.45) is 2.44. The molecule has 0 fully saturated rings. The Kier molecular flexibility index (Phi) is 4.87. The number of hydrogen-bond acceptors (Lipinski definition) is 4. The quantitative estimate of drug-likeness (QED) is 0.814. The summed E-state index contributed by atoms with van der Waals surface area (Å²) >= 11 is 0. The number of alkyl carbamates (subject to hydrolysis) is 1. The minimum absolute atomic E-state index is 0.512. The number of nitrogens with one attached hydrogen (secondary N) is 1. The van der Waals surface area contributed by atoms with Gasteiger partial charge in [0, 0.05) is 7.05 Å². The highest BCUT2D eigenvalue weighted by Crippen LogP contribution is 2.27. The minimum Gasteiger partial charge on any atom is -0.493 e. The number of methoxy groups -OCH3 is 2. The van der Waals surface area contributed by atoms with Crippen molar-refractivity contribution in [2.75, 3.05) is 21.3 Å². The van der Waals surface area contributed by atoms with E-state index in [0.717, 1.165) is 5.56 Å². The lowest BCUT2D eigenvalue weighted by molar-refractivity contribution is 0.188. The second-order valence-corrected chi connectivity index (χ2v) is 3.07. The van der Waals surface area contributed by atoms with Crippen molar-refractivity contribution in [1.82, 2.24) is 5.32 Å². The van der Waals surface area contributed by atoms with Gasteiger partial charge >= 0.3 is 6.09 Å². The van der Waals surface area contributed by atoms with Gasteiger partial charge in [-0.3, -0.25) is 0 Å². The molecule has 0 radical (unpaired) electrons. The van der Waals surface area contributed by atoms with Crippen LogP contribution >= 0.6 is 0 Å². The molecule has 0 saturated carbocycles. The number of amides is 1. The SMILES string of the molecule is CNC(=O)O/C=C/c1ccc(OC)c(OC)c1. The predicted octanol–water partition coefficient (Wildman–Crippen LogP) is 2.03. The van der Waals surface area contributed by atoms with Gasteiger partial charge in [0.15, 0.2) is 11.5 Å². The van der Waals surface area contributed by atoms with E-state index in [1.165, 1.54) is 13.3 Å². The molecule has 1 aromatic carbocycles. The molecular formula is C12H15NO4. The van der Waals surface area contributed by atoms with Crippen molar-refractivity contribution < 1.29 is 19.0 Å². The third-order valence-corrected chi connectivity index (χ3v) is 2.05. The third kappa shape index (κ3) is 3.71. The van der Waals surface area contributed by atoms with Gasteiger partial charge in [-0.05, 0) is 23.8 Å². The van der Waals surface area contributed by atoms with E-state index in [9.17, 15) is 4.79 Å². The van der Waals surface area contributed by atoms with E-state index in [1.807, 2.05) is 6.07 Å². The molecule has 92 valence electrons. The van der Waals surface area contributed by atoms with Crippen LogP contribution < -0.4 is 14.8 Å². The van der Waals surface area contributed by atoms with Gasteiger partial charge < -0.3 is 19.5 Å². The Hall–Kier alpha value is -2.17. The molecule has 0 saturated heterocycles. The first kappa shape index (κ1) is 12.9. The highest BCUT2D eigenvalue weighted by atomic mass is 16.5. The summed E-state index contributed by atoms with van der Waals surface area (Å²) in [6, 6.07) is 5.38. The smallest absolute Gasteiger partial charge is 0.411 e. The van der Waals surface area contributed by atoms with Crippen LogP contribution in [0, 0.1) is 0 Å². The van der Waals surface area contributed by atoms with Crippen molar-refractivity contribution in [2.45, 2.75) is 0 Å². The zero-order chi connectivity index (χ0) is 12.7. The van der Waals surface area contributed by atoms with Crippen LogP contribution in [-0.4, -0.2) is 27.4 Å². The standard InChI is InChI=1S/C12H15NO4/c1-13-12(14)17-7-6-9-4-5-10(15-2)11(8-9)16-3/h4-8H,1-3H3,(H,13,14)/b7-6+. The first-order valence-electron chi connectivity index (χ1n) is 4.98. The fraction of sp³-hybridized carbons (Fsp3) is 0.250. The summed E-state index contributed by atoms with van der Waals surface area (Å²) in [5.41, 5.74) is 0.839. The number of rotatable bonds is 4. The Bertz CT molecular complexity index is 415. The molecule has 17 heavy (non-hydrogen) atoms. The molecule has 1 rings (SSSR count). The maximum absolute atomic E-state index is 10.8. The maximum atomic E-state index is 10.8. The van der Waals surface area contributed by atoms with Gasteiger partial charge in [0.25, 0.3) is 0 Å². The normalized spacial score (nSPS) is 10.1. The predicted molar refractivity (Wildman–Crippen MR) is 64.1 cm³/mol. The van der Waals surface area contributed by atoms with E-state index in [2.05, 4.69) is 5.32 Å². The zero-order valence-corrected chi connectivity index (χ0v) is 10.0. The van der Waals surface area contributed by atoms with Crippen LogP contribution in [0.15, 0.2) is 24.5 Å². The fourth-order valence-corrected chi connectivity index (χ4v) is 1.19. The molecule has 0 aliphatic carbocycles. The zero-order valence-electron chi connectivity index (χ0n) is 10.0. The van der Waals surface area contributed by atoms with Crippen molar-refractivity contribution >= 4 is 12.2 Å². The van der Waals surface area contributed by atoms with E-state index < -0.39 is 6.09 Å². The van der Waals surface area contributed by atoms with Crippen LogP contribution in [0.4, 0.5) is 4.79 Å². The molecule has 1 amide bonds. The van der Waals surface area contributed by atoms with E-state index in [1.54, 1.807) is 32.4 Å². The summed E-state index contributed by atoms with van der Waals surface area (Å²) < 4.78 is 15.0. The molecule has 0 atom stereocenters. The highest BCUT2D eigenvalue weighted by molar-refractivity contribution is 5.68. The molecule has 5 nitrogen and oxygen atoms in total. The summed E-state index contributed by atoms with van der Waals surface area (Å²) in [6.45, 7) is 0. The van der Waals surface area contributed by atoms with Crippen molar-refractivity contribution in [2.24, 2.45) is 0 Å². The van der Waals surface area contributed by atoms with Gasteiger partial charge in [-0.25, -0.2) is 4.79 Å². The van der Waals surface area contributed by atoms with Gasteiger partial charge in [0.1, 0.15) is 0 Å². The molecule has 0 unspecified atom stereocenters. The van der Waals surface area contributed by atoms with Crippen LogP contribution in [0.1, 0.15) is 5.56 Å². The van der Waals surface area contributed by atoms with Crippen molar-refractivity contribution in [1.29, 1.82) is 0 Å². The molecule has 0 aromatic heterocycles. The Morgan fingerprint density at radius 3 is 2.53 bits per heavy atom. The second kappa shape index (κ2) is 6.42. The number of hydrogen-bond donors (Lipinski definition) is 1. The minimum atomic E-state index is -0.512. The highest BCUT2D eigenvalue weighted by Gasteiger charge is 2.02. The van der Waals surface area contributed by atoms with Crippen LogP contribution in [0.5, 0.6) is 11.5 Å². The summed E-state index contributed by atoms with van der Waals surface area (Å²) in [5.74, 6) is 1.27. The van der Waals surface area contributed by atoms with Gasteiger partial charge in [-0.15, -0.1) is 0 Å². The molecular weight excluding hydrogens is 222 g/mol. The van der Waals surface area contributed by atoms with Crippen LogP contribution in [-0.2, 0) is 4.74 Å². The first-order chi connectivity index (χ1) is 8.21. The fourth-order valence-electron chi connectivity index (χ4n) is 1.19. The largest absolute Gasteiger partial charge is 0.493 e. The number of ether oxygens (including phenoxy) is 3. The third-order valence-electron chi connectivity index (χ3n) is 2.05. The number of carbonyl (C=O) groups is 1. The topological polar surface area (TPSA) is 56.8 Å². The van der Waals surface area contributed by atoms with Crippen molar-refractivity contribution in [3.8, 4) is 11.5 Å². The van der Waals surface area contributed by atoms with Gasteiger partial charge in [0.2, 0.25) is 0 Å². The lowest BCUT2D eigenvalue weighted by atomic mass is 10.2. The van der Waals surface area contributed by atoms with E-state index in [-0.39, 0.29) is 0 Å². The van der Waals surface area contributed by atoms with Crippen molar-refractivity contribution in [3.63, 3.8) is 0 Å². The molecule has 0 heterocycles. The molecule has 0 aliphatic heterocycles. The molecule has 0 aliphatic rings. The number of carbonyl (C=O) groups excluding carboxylic acids is 1. The lowest BCUT2D eigenvalue weighted by Gasteiger charge is -2.07. The van der Waals surface area contributed by atoms with E-state index in [4.69, 9.17) is 14.2 Å². The maximum Gasteiger partial charge on any atom is 0.411 e. The second-order valence-electron chi connectivity index (χ2n) is 3.07. The molecule has 1 aromatic rings. The van der Waals surface area contributed by atoms with Crippen LogP contribution in [0.2, 0.25) is 0 Å².